The molecule has 368 valence electrons. The van der Waals surface area contributed by atoms with Crippen LogP contribution in [0.4, 0.5) is 29.2 Å². The number of carbonyl (C=O) groups is 4. The predicted molar refractivity (Wildman–Crippen MR) is 246 cm³/mol. The zero-order chi connectivity index (χ0) is 52.2. The monoisotopic (exact) mass is 1080 g/mol. The molecule has 0 fully saturated rings. The Morgan fingerprint density at radius 2 is 1.01 bits per heavy atom. The van der Waals surface area contributed by atoms with E-state index < -0.39 is 79.1 Å². The fourth-order valence-corrected chi connectivity index (χ4v) is 8.01. The first-order chi connectivity index (χ1) is 32.8. The van der Waals surface area contributed by atoms with Crippen LogP contribution in [0.2, 0.25) is 0 Å². The van der Waals surface area contributed by atoms with Gasteiger partial charge in [0, 0.05) is 51.0 Å². The number of anilines is 2. The molecule has 2 aromatic heterocycles. The van der Waals surface area contributed by atoms with Crippen LogP contribution in [0, 0.1) is 23.3 Å². The van der Waals surface area contributed by atoms with Crippen molar-refractivity contribution in [2.45, 2.75) is 36.5 Å². The molecule has 2 heterocycles. The summed E-state index contributed by atoms with van der Waals surface area (Å²) >= 11 is 3.12. The lowest BCUT2D eigenvalue weighted by molar-refractivity contribution is -0.118. The van der Waals surface area contributed by atoms with Crippen LogP contribution < -0.4 is 35.8 Å². The molecule has 0 radical (unpaired) electrons. The summed E-state index contributed by atoms with van der Waals surface area (Å²) in [6.45, 7) is 2.17. The summed E-state index contributed by atoms with van der Waals surface area (Å²) in [6.07, 6.45) is 2.17. The Bertz CT molecular complexity index is 3130. The van der Waals surface area contributed by atoms with Gasteiger partial charge in [-0.05, 0) is 51.3 Å². The Balaban J connectivity index is 0.000000251. The van der Waals surface area contributed by atoms with Crippen molar-refractivity contribution >= 4 is 83.6 Å². The van der Waals surface area contributed by atoms with Gasteiger partial charge in [-0.2, -0.15) is 0 Å². The topological polar surface area (TPSA) is 323 Å². The van der Waals surface area contributed by atoms with Crippen molar-refractivity contribution in [1.29, 1.82) is 0 Å². The summed E-state index contributed by atoms with van der Waals surface area (Å²) in [5.41, 5.74) is 10.6. The summed E-state index contributed by atoms with van der Waals surface area (Å²) in [6, 6.07) is 14.5. The number of nitrogen functional groups attached to an aromatic ring is 2. The fourth-order valence-electron chi connectivity index (χ4n) is 5.75. The number of methoxy groups -OCH3 is 2. The van der Waals surface area contributed by atoms with E-state index >= 15 is 0 Å². The summed E-state index contributed by atoms with van der Waals surface area (Å²) in [7, 11) is -7.57. The number of benzene rings is 4. The molecular formula is C42H38BBrF4N8O12S2. The molecule has 6 aromatic rings. The maximum Gasteiger partial charge on any atom is 0.494 e. The van der Waals surface area contributed by atoms with Gasteiger partial charge in [-0.1, -0.05) is 24.3 Å². The highest BCUT2D eigenvalue weighted by Gasteiger charge is 2.24. The maximum absolute atomic E-state index is 14.4. The average molecular weight is 1080 g/mol. The van der Waals surface area contributed by atoms with Crippen molar-refractivity contribution < 1.29 is 73.1 Å². The largest absolute Gasteiger partial charge is 0.497 e. The predicted octanol–water partition coefficient (Wildman–Crippen LogP) is 2.99. The first kappa shape index (κ1) is 55.2. The lowest BCUT2D eigenvalue weighted by Crippen LogP contribution is -2.35. The molecule has 6 rings (SSSR count). The molecule has 70 heavy (non-hydrogen) atoms. The first-order valence-electron chi connectivity index (χ1n) is 19.4. The number of nitrogens with one attached hydrogen (secondary N) is 2. The summed E-state index contributed by atoms with van der Waals surface area (Å²) < 4.78 is 116. The second-order valence-corrected chi connectivity index (χ2v) is 18.2. The number of ether oxygens (including phenoxy) is 2. The minimum absolute atomic E-state index is 0.0144. The molecule has 0 aliphatic carbocycles. The van der Waals surface area contributed by atoms with Crippen molar-refractivity contribution in [2.24, 2.45) is 0 Å². The number of hydrogen-bond donors (Lipinski definition) is 6. The second kappa shape index (κ2) is 23.8. The van der Waals surface area contributed by atoms with E-state index in [4.69, 9.17) is 26.3 Å². The first-order valence-corrected chi connectivity index (χ1v) is 23.2. The van der Waals surface area contributed by atoms with Crippen LogP contribution in [0.1, 0.15) is 46.0 Å². The standard InChI is InChI=1S/C21H18F2N4O5S.C14H13BrN4O4S.C7H7BF2O3/c1-11(28)27-33(30,31)14-5-3-12(4-6-14)7-18(29)20-21(24)25-10-17(26-20)19-15(22)8-13(32-2)9-16(19)23;1-8(20)19-24(22,23)10-4-2-9(3-5-10)6-11(21)13-14(16)17-7-12(15)18-13;1-13-4-2-5(9)7(8(11)12)6(10)3-4/h3-6,8-10H,7H2,1-2H3,(H2,24,25)(H,27,28);2-5,7H,6H2,1H3,(H2,16,17)(H,19,20);2-3,11-12H,1H3. The van der Waals surface area contributed by atoms with Crippen LogP contribution in [-0.4, -0.2) is 91.5 Å². The van der Waals surface area contributed by atoms with Gasteiger partial charge in [0.1, 0.15) is 50.8 Å². The van der Waals surface area contributed by atoms with E-state index in [0.29, 0.717) is 15.7 Å². The Morgan fingerprint density at radius 3 is 1.39 bits per heavy atom. The Hall–Kier alpha value is -7.40. The minimum Gasteiger partial charge on any atom is -0.497 e. The summed E-state index contributed by atoms with van der Waals surface area (Å²) in [5.74, 6) is -6.65. The Labute approximate surface area is 404 Å². The van der Waals surface area contributed by atoms with Gasteiger partial charge in [0.25, 0.3) is 20.0 Å². The summed E-state index contributed by atoms with van der Waals surface area (Å²) in [4.78, 5) is 62.3. The van der Waals surface area contributed by atoms with Crippen molar-refractivity contribution in [3.63, 3.8) is 0 Å². The second-order valence-electron chi connectivity index (χ2n) is 14.1. The highest BCUT2D eigenvalue weighted by molar-refractivity contribution is 9.10. The quantitative estimate of drug-likeness (QED) is 0.0519. The molecule has 28 heteroatoms. The normalized spacial score (nSPS) is 10.9. The van der Waals surface area contributed by atoms with Crippen LogP contribution in [0.3, 0.4) is 0 Å². The Kier molecular flexibility index (Phi) is 18.7. The zero-order valence-corrected chi connectivity index (χ0v) is 39.9. The number of hydrogen-bond acceptors (Lipinski definition) is 18. The van der Waals surface area contributed by atoms with Gasteiger partial charge >= 0.3 is 7.12 Å². The van der Waals surface area contributed by atoms with E-state index in [0.717, 1.165) is 44.3 Å². The molecule has 0 spiro atoms. The number of carbonyl (C=O) groups excluding carboxylic acids is 4. The molecule has 0 unspecified atom stereocenters. The highest BCUT2D eigenvalue weighted by Crippen LogP contribution is 2.29. The molecular weight excluding hydrogens is 1040 g/mol. The molecule has 0 saturated carbocycles. The number of halogens is 5. The molecule has 20 nitrogen and oxygen atoms in total. The van der Waals surface area contributed by atoms with Crippen LogP contribution in [0.15, 0.2) is 99.6 Å². The van der Waals surface area contributed by atoms with Crippen molar-refractivity contribution in [3.05, 3.63) is 136 Å². The lowest BCUT2D eigenvalue weighted by atomic mass is 9.79. The molecule has 2 amide bonds. The molecule has 0 atom stereocenters. The van der Waals surface area contributed by atoms with Crippen LogP contribution in [0.25, 0.3) is 11.3 Å². The van der Waals surface area contributed by atoms with Crippen molar-refractivity contribution in [2.75, 3.05) is 25.7 Å². The van der Waals surface area contributed by atoms with Gasteiger partial charge in [-0.3, -0.25) is 19.2 Å². The number of amides is 2. The minimum atomic E-state index is -4.02. The number of nitrogens with two attached hydrogens (primary N) is 2. The average Bonchev–Trinajstić information content (AvgIpc) is 3.27. The zero-order valence-electron chi connectivity index (χ0n) is 36.7. The third kappa shape index (κ3) is 14.8. The Morgan fingerprint density at radius 1 is 0.643 bits per heavy atom. The van der Waals surface area contributed by atoms with E-state index in [1.807, 2.05) is 9.44 Å². The molecule has 0 aliphatic rings. The third-order valence-corrected chi connectivity index (χ3v) is 12.2. The lowest BCUT2D eigenvalue weighted by Gasteiger charge is -2.10. The molecule has 4 aromatic carbocycles. The molecule has 8 N–H and O–H groups in total. The molecule has 0 aliphatic heterocycles. The van der Waals surface area contributed by atoms with Gasteiger partial charge in [0.15, 0.2) is 23.2 Å². The SMILES string of the molecule is CC(=O)NS(=O)(=O)c1ccc(CC(=O)c2nc(Br)cnc2N)cc1.COc1cc(F)c(-c2cnc(N)c(C(=O)Cc3ccc(S(=O)(=O)NC(C)=O)cc3)n2)c(F)c1.COc1cc(F)c(B(O)O)c(F)c1. The van der Waals surface area contributed by atoms with Gasteiger partial charge in [0.2, 0.25) is 11.8 Å². The molecule has 0 saturated heterocycles. The van der Waals surface area contributed by atoms with Gasteiger partial charge in [-0.15, -0.1) is 0 Å². The summed E-state index contributed by atoms with van der Waals surface area (Å²) in [5, 5.41) is 17.2. The number of aromatic nitrogens is 4. The molecule has 0 bridgehead atoms. The van der Waals surface area contributed by atoms with Crippen molar-refractivity contribution in [3.8, 4) is 22.8 Å². The fraction of sp³-hybridized carbons (Fsp3) is 0.143. The number of sulfonamides is 2. The van der Waals surface area contributed by atoms with E-state index in [9.17, 15) is 53.6 Å². The van der Waals surface area contributed by atoms with E-state index in [1.165, 1.54) is 68.9 Å². The van der Waals surface area contributed by atoms with Gasteiger partial charge < -0.3 is 31.0 Å². The third-order valence-electron chi connectivity index (χ3n) is 8.91. The van der Waals surface area contributed by atoms with Gasteiger partial charge in [-0.25, -0.2) is 63.8 Å². The van der Waals surface area contributed by atoms with E-state index in [-0.39, 0.29) is 68.6 Å². The van der Waals surface area contributed by atoms with Crippen LogP contribution >= 0.6 is 15.9 Å². The smallest absolute Gasteiger partial charge is 0.494 e. The van der Waals surface area contributed by atoms with Crippen LogP contribution in [0.5, 0.6) is 11.5 Å². The highest BCUT2D eigenvalue weighted by atomic mass is 79.9. The van der Waals surface area contributed by atoms with Crippen molar-refractivity contribution in [1.82, 2.24) is 29.4 Å². The van der Waals surface area contributed by atoms with Gasteiger partial charge in [0.05, 0.1) is 53.1 Å². The van der Waals surface area contributed by atoms with Crippen LogP contribution in [-0.2, 0) is 42.5 Å². The number of Topliss-reactive ketones (excluding diaryl/α,β-unsaturated/α-hetero) is 2. The maximum atomic E-state index is 14.4. The number of rotatable bonds is 14. The number of ketones is 2. The van der Waals surface area contributed by atoms with E-state index in [1.54, 1.807) is 0 Å². The number of nitrogens with zero attached hydrogens (tertiary/aromatic N) is 4. The van der Waals surface area contributed by atoms with E-state index in [2.05, 4.69) is 40.6 Å².